The number of rotatable bonds is 5. The fourth-order valence-electron chi connectivity index (χ4n) is 1.88. The molecule has 2 aromatic rings. The van der Waals surface area contributed by atoms with Gasteiger partial charge in [-0.3, -0.25) is 4.79 Å². The molecule has 118 valence electrons. The lowest BCUT2D eigenvalue weighted by molar-refractivity contribution is 0.0951. The topological polar surface area (TPSA) is 63.2 Å². The Balaban J connectivity index is 2.15. The Morgan fingerprint density at radius 3 is 2.50 bits per heavy atom. The highest BCUT2D eigenvalue weighted by Crippen LogP contribution is 2.21. The number of aryl methyl sites for hydroxylation is 1. The van der Waals surface area contributed by atoms with Crippen molar-refractivity contribution < 1.29 is 13.2 Å². The van der Waals surface area contributed by atoms with Gasteiger partial charge in [0.15, 0.2) is 9.84 Å². The summed E-state index contributed by atoms with van der Waals surface area (Å²) in [4.78, 5) is 14.6. The smallest absolute Gasteiger partial charge is 0.253 e. The summed E-state index contributed by atoms with van der Waals surface area (Å²) in [5.41, 5.74) is 0.164. The summed E-state index contributed by atoms with van der Waals surface area (Å²) in [6.07, 6.45) is 2.05. The number of hydrogen-bond acceptors (Lipinski definition) is 4. The molecule has 0 saturated carbocycles. The normalized spacial score (nSPS) is 11.4. The summed E-state index contributed by atoms with van der Waals surface area (Å²) in [5, 5.41) is 2.99. The first kappa shape index (κ1) is 17.0. The molecule has 0 spiro atoms. The maximum Gasteiger partial charge on any atom is 0.253 e. The molecule has 0 atom stereocenters. The number of amides is 1. The van der Waals surface area contributed by atoms with Gasteiger partial charge in [0, 0.05) is 16.0 Å². The van der Waals surface area contributed by atoms with Crippen LogP contribution in [0.3, 0.4) is 0 Å². The summed E-state index contributed by atoms with van der Waals surface area (Å²) < 4.78 is 23.1. The van der Waals surface area contributed by atoms with Crippen LogP contribution in [0.4, 0.5) is 0 Å². The van der Waals surface area contributed by atoms with E-state index in [2.05, 4.69) is 12.2 Å². The number of benzene rings is 1. The third-order valence-corrected chi connectivity index (χ3v) is 5.77. The van der Waals surface area contributed by atoms with Gasteiger partial charge in [0.1, 0.15) is 0 Å². The van der Waals surface area contributed by atoms with Gasteiger partial charge < -0.3 is 5.32 Å². The third kappa shape index (κ3) is 4.09. The molecule has 0 aliphatic carbocycles. The minimum absolute atomic E-state index is 0.0754. The zero-order valence-corrected chi connectivity index (χ0v) is 14.6. The molecule has 4 nitrogen and oxygen atoms in total. The Kier molecular flexibility index (Phi) is 5.26. The maximum absolute atomic E-state index is 12.2. The maximum atomic E-state index is 12.2. The molecule has 0 bridgehead atoms. The summed E-state index contributed by atoms with van der Waals surface area (Å²) in [5.74, 6) is -0.387. The average Bonchev–Trinajstić information content (AvgIpc) is 2.92. The minimum atomic E-state index is -3.38. The lowest BCUT2D eigenvalue weighted by Gasteiger charge is -2.07. The van der Waals surface area contributed by atoms with Crippen LogP contribution in [0, 0.1) is 0 Å². The fraction of sp³-hybridized carbons (Fsp3) is 0.267. The second kappa shape index (κ2) is 6.81. The van der Waals surface area contributed by atoms with Gasteiger partial charge in [0.25, 0.3) is 5.91 Å². The standard InChI is InChI=1S/C15H16ClNO3S2/c1-3-10-4-5-11(21-10)9-17-15(18)13-8-12(22(2,19)20)6-7-14(13)16/h4-8H,3,9H2,1-2H3,(H,17,18). The Hall–Kier alpha value is -1.37. The highest BCUT2D eigenvalue weighted by Gasteiger charge is 2.15. The van der Waals surface area contributed by atoms with Crippen LogP contribution in [0.5, 0.6) is 0 Å². The summed E-state index contributed by atoms with van der Waals surface area (Å²) in [7, 11) is -3.38. The Morgan fingerprint density at radius 1 is 1.23 bits per heavy atom. The molecule has 1 N–H and O–H groups in total. The van der Waals surface area contributed by atoms with E-state index in [4.69, 9.17) is 11.6 Å². The number of nitrogens with one attached hydrogen (secondary N) is 1. The first-order valence-corrected chi connectivity index (χ1v) is 9.75. The monoisotopic (exact) mass is 357 g/mol. The molecule has 0 radical (unpaired) electrons. The average molecular weight is 358 g/mol. The van der Waals surface area contributed by atoms with Crippen molar-refractivity contribution >= 4 is 38.7 Å². The first-order valence-electron chi connectivity index (χ1n) is 6.66. The lowest BCUT2D eigenvalue weighted by atomic mass is 10.2. The van der Waals surface area contributed by atoms with E-state index in [1.165, 1.54) is 23.1 Å². The van der Waals surface area contributed by atoms with Crippen LogP contribution in [0.1, 0.15) is 27.0 Å². The predicted octanol–water partition coefficient (Wildman–Crippen LogP) is 3.30. The van der Waals surface area contributed by atoms with Crippen LogP contribution < -0.4 is 5.32 Å². The van der Waals surface area contributed by atoms with Crippen LogP contribution >= 0.6 is 22.9 Å². The molecule has 1 amide bonds. The van der Waals surface area contributed by atoms with Crippen molar-refractivity contribution in [2.45, 2.75) is 24.8 Å². The van der Waals surface area contributed by atoms with Crippen molar-refractivity contribution in [1.29, 1.82) is 0 Å². The molecule has 22 heavy (non-hydrogen) atoms. The third-order valence-electron chi connectivity index (χ3n) is 3.10. The number of hydrogen-bond donors (Lipinski definition) is 1. The van der Waals surface area contributed by atoms with Gasteiger partial charge in [-0.1, -0.05) is 18.5 Å². The van der Waals surface area contributed by atoms with Crippen molar-refractivity contribution in [3.05, 3.63) is 50.7 Å². The number of thiophene rings is 1. The highest BCUT2D eigenvalue weighted by atomic mass is 35.5. The van der Waals surface area contributed by atoms with E-state index in [0.717, 1.165) is 17.6 Å². The van der Waals surface area contributed by atoms with Gasteiger partial charge in [-0.05, 0) is 36.8 Å². The van der Waals surface area contributed by atoms with Crippen molar-refractivity contribution in [1.82, 2.24) is 5.32 Å². The molecule has 0 unspecified atom stereocenters. The van der Waals surface area contributed by atoms with E-state index in [-0.39, 0.29) is 21.4 Å². The van der Waals surface area contributed by atoms with Crippen LogP contribution in [0.25, 0.3) is 0 Å². The fourth-order valence-corrected chi connectivity index (χ4v) is 3.63. The van der Waals surface area contributed by atoms with Crippen LogP contribution in [-0.2, 0) is 22.8 Å². The molecule has 0 aliphatic rings. The van der Waals surface area contributed by atoms with E-state index in [1.807, 2.05) is 12.1 Å². The molecule has 0 saturated heterocycles. The second-order valence-corrected chi connectivity index (χ2v) is 8.49. The molecule has 1 aromatic heterocycles. The largest absolute Gasteiger partial charge is 0.347 e. The quantitative estimate of drug-likeness (QED) is 0.893. The van der Waals surface area contributed by atoms with E-state index >= 15 is 0 Å². The van der Waals surface area contributed by atoms with Gasteiger partial charge in [0.2, 0.25) is 0 Å². The Labute approximate surface area is 139 Å². The van der Waals surface area contributed by atoms with E-state index in [9.17, 15) is 13.2 Å². The van der Waals surface area contributed by atoms with Crippen molar-refractivity contribution in [2.75, 3.05) is 6.26 Å². The molecule has 0 aliphatic heterocycles. The van der Waals surface area contributed by atoms with Gasteiger partial charge in [0.05, 0.1) is 22.0 Å². The molecular weight excluding hydrogens is 342 g/mol. The summed E-state index contributed by atoms with van der Waals surface area (Å²) in [6.45, 7) is 2.47. The SMILES string of the molecule is CCc1ccc(CNC(=O)c2cc(S(C)(=O)=O)ccc2Cl)s1. The van der Waals surface area contributed by atoms with E-state index < -0.39 is 9.84 Å². The summed E-state index contributed by atoms with van der Waals surface area (Å²) in [6, 6.07) is 8.12. The van der Waals surface area contributed by atoms with Crippen LogP contribution in [0.2, 0.25) is 5.02 Å². The van der Waals surface area contributed by atoms with Gasteiger partial charge >= 0.3 is 0 Å². The highest BCUT2D eigenvalue weighted by molar-refractivity contribution is 7.90. The number of halogens is 1. The van der Waals surface area contributed by atoms with Gasteiger partial charge in [-0.15, -0.1) is 11.3 Å². The minimum Gasteiger partial charge on any atom is -0.347 e. The van der Waals surface area contributed by atoms with Gasteiger partial charge in [-0.25, -0.2) is 8.42 Å². The zero-order chi connectivity index (χ0) is 16.3. The lowest BCUT2D eigenvalue weighted by Crippen LogP contribution is -2.23. The molecular formula is C15H16ClNO3S2. The summed E-state index contributed by atoms with van der Waals surface area (Å²) >= 11 is 7.63. The first-order chi connectivity index (χ1) is 10.3. The van der Waals surface area contributed by atoms with E-state index in [1.54, 1.807) is 11.3 Å². The molecule has 1 aromatic carbocycles. The zero-order valence-electron chi connectivity index (χ0n) is 12.2. The Bertz CT molecular complexity index is 797. The Morgan fingerprint density at radius 2 is 1.91 bits per heavy atom. The molecule has 2 rings (SSSR count). The van der Waals surface area contributed by atoms with Gasteiger partial charge in [-0.2, -0.15) is 0 Å². The van der Waals surface area contributed by atoms with Crippen molar-refractivity contribution in [3.8, 4) is 0 Å². The molecule has 0 fully saturated rings. The number of carbonyl (C=O) groups excluding carboxylic acids is 1. The molecule has 1 heterocycles. The van der Waals surface area contributed by atoms with Crippen molar-refractivity contribution in [2.24, 2.45) is 0 Å². The van der Waals surface area contributed by atoms with E-state index in [0.29, 0.717) is 6.54 Å². The number of carbonyl (C=O) groups is 1. The van der Waals surface area contributed by atoms with Crippen LogP contribution in [0.15, 0.2) is 35.2 Å². The van der Waals surface area contributed by atoms with Crippen molar-refractivity contribution in [3.63, 3.8) is 0 Å². The molecule has 7 heteroatoms. The van der Waals surface area contributed by atoms with Crippen LogP contribution in [-0.4, -0.2) is 20.6 Å². The predicted molar refractivity (Wildman–Crippen MR) is 89.4 cm³/mol. The number of sulfone groups is 1. The second-order valence-electron chi connectivity index (χ2n) is 4.82.